The molecule has 0 amide bonds. The number of benzene rings is 2. The topological polar surface area (TPSA) is 0 Å². The van der Waals surface area contributed by atoms with Crippen molar-refractivity contribution >= 4 is 29.0 Å². The molecular weight excluding hydrogens is 228 g/mol. The molecule has 0 unspecified atom stereocenters. The van der Waals surface area contributed by atoms with Crippen LogP contribution in [-0.2, 0) is 19.3 Å². The maximum absolute atomic E-state index is 2.34. The molecule has 0 nitrogen and oxygen atoms in total. The first kappa shape index (κ1) is 9.80. The zero-order valence-electron chi connectivity index (χ0n) is 10.7. The molecule has 0 aliphatic heterocycles. The first-order valence-corrected chi connectivity index (χ1v) is 7.06. The summed E-state index contributed by atoms with van der Waals surface area (Å²) < 4.78 is 0. The monoisotopic (exact) mass is 242 g/mol. The average Bonchev–Trinajstić information content (AvgIpc) is 3.17. The van der Waals surface area contributed by atoms with Crippen molar-refractivity contribution in [3.63, 3.8) is 0 Å². The van der Waals surface area contributed by atoms with E-state index < -0.39 is 0 Å². The molecule has 90 valence electrons. The quantitative estimate of drug-likeness (QED) is 0.636. The number of rotatable bonds is 0. The maximum atomic E-state index is 2.34. The van der Waals surface area contributed by atoms with Crippen LogP contribution < -0.4 is 0 Å². The van der Waals surface area contributed by atoms with Gasteiger partial charge in [-0.15, -0.1) is 0 Å². The predicted molar refractivity (Wildman–Crippen MR) is 82.2 cm³/mol. The summed E-state index contributed by atoms with van der Waals surface area (Å²) in [5.41, 5.74) is 9.02. The van der Waals surface area contributed by atoms with Gasteiger partial charge in [0.25, 0.3) is 0 Å². The Bertz CT molecular complexity index is 829. The fraction of sp³-hybridized carbons (Fsp3) is 0.158. The second-order valence-electron chi connectivity index (χ2n) is 5.66. The zero-order valence-corrected chi connectivity index (χ0v) is 10.7. The van der Waals surface area contributed by atoms with Crippen LogP contribution in [0.3, 0.4) is 0 Å². The van der Waals surface area contributed by atoms with Crippen LogP contribution in [0.25, 0.3) is 29.0 Å². The summed E-state index contributed by atoms with van der Waals surface area (Å²) in [7, 11) is 0. The lowest BCUT2D eigenvalue weighted by molar-refractivity contribution is 1.25. The van der Waals surface area contributed by atoms with E-state index in [4.69, 9.17) is 0 Å². The fourth-order valence-corrected chi connectivity index (χ4v) is 3.92. The third kappa shape index (κ3) is 1.10. The number of hydrogen-bond donors (Lipinski definition) is 0. The molecule has 0 aromatic heterocycles. The molecule has 0 spiro atoms. The Balaban J connectivity index is 2.06. The van der Waals surface area contributed by atoms with E-state index >= 15 is 0 Å². The van der Waals surface area contributed by atoms with Gasteiger partial charge in [-0.25, -0.2) is 0 Å². The third-order valence-electron chi connectivity index (χ3n) is 4.74. The average molecular weight is 242 g/mol. The van der Waals surface area contributed by atoms with Gasteiger partial charge in [-0.2, -0.15) is 0 Å². The molecule has 0 saturated heterocycles. The van der Waals surface area contributed by atoms with E-state index in [1.807, 2.05) is 0 Å². The Morgan fingerprint density at radius 3 is 2.32 bits per heavy atom. The van der Waals surface area contributed by atoms with Gasteiger partial charge >= 0.3 is 0 Å². The van der Waals surface area contributed by atoms with E-state index in [1.54, 1.807) is 5.56 Å². The molecular formula is C19H14. The van der Waals surface area contributed by atoms with Crippen molar-refractivity contribution in [1.29, 1.82) is 0 Å². The minimum atomic E-state index is 1.10. The van der Waals surface area contributed by atoms with Gasteiger partial charge in [-0.05, 0) is 63.4 Å². The number of fused-ring (bicyclic) bond motifs is 8. The molecule has 0 heteroatoms. The molecule has 0 fully saturated rings. The van der Waals surface area contributed by atoms with E-state index in [9.17, 15) is 0 Å². The molecule has 3 aliphatic carbocycles. The van der Waals surface area contributed by atoms with Crippen LogP contribution >= 0.6 is 0 Å². The Hall–Kier alpha value is -2.08. The molecule has 0 atom stereocenters. The highest BCUT2D eigenvalue weighted by Gasteiger charge is 2.23. The number of allylic oxidation sites excluding steroid dienone is 3. The third-order valence-corrected chi connectivity index (χ3v) is 4.74. The van der Waals surface area contributed by atoms with Crippen LogP contribution in [0.2, 0.25) is 0 Å². The van der Waals surface area contributed by atoms with E-state index in [0.717, 1.165) is 19.3 Å². The molecule has 0 N–H and O–H groups in total. The lowest BCUT2D eigenvalue weighted by atomic mass is 9.88. The van der Waals surface area contributed by atoms with Gasteiger partial charge in [0.2, 0.25) is 0 Å². The molecule has 0 bridgehead atoms. The summed E-state index contributed by atoms with van der Waals surface area (Å²) >= 11 is 0. The molecule has 2 aromatic carbocycles. The molecule has 19 heavy (non-hydrogen) atoms. The Morgan fingerprint density at radius 2 is 1.37 bits per heavy atom. The fourth-order valence-electron chi connectivity index (χ4n) is 3.92. The first-order chi connectivity index (χ1) is 9.43. The Kier molecular flexibility index (Phi) is 1.69. The summed E-state index contributed by atoms with van der Waals surface area (Å²) in [5, 5.41) is 2.97. The van der Waals surface area contributed by atoms with E-state index in [-0.39, 0.29) is 0 Å². The lowest BCUT2D eigenvalue weighted by Crippen LogP contribution is -1.97. The van der Waals surface area contributed by atoms with Crippen molar-refractivity contribution in [2.45, 2.75) is 19.3 Å². The van der Waals surface area contributed by atoms with Crippen LogP contribution in [-0.4, -0.2) is 0 Å². The van der Waals surface area contributed by atoms with Crippen LogP contribution in [0, 0.1) is 0 Å². The standard InChI is InChI=1S/C19H14/c1-4-12-10-11-18-16-7-2-6-14(16)15-8-3-9-17(15)19(18)13(12)5-1/h1-3,5,7-8,10-11H,4,6,9H2. The highest BCUT2D eigenvalue weighted by molar-refractivity contribution is 6.04. The summed E-state index contributed by atoms with van der Waals surface area (Å²) in [6, 6.07) is 4.66. The highest BCUT2D eigenvalue weighted by atomic mass is 14.3. The van der Waals surface area contributed by atoms with Gasteiger partial charge in [0.15, 0.2) is 0 Å². The van der Waals surface area contributed by atoms with Crippen LogP contribution in [0.5, 0.6) is 0 Å². The van der Waals surface area contributed by atoms with E-state index in [0.29, 0.717) is 0 Å². The van der Waals surface area contributed by atoms with Gasteiger partial charge in [0, 0.05) is 0 Å². The maximum Gasteiger partial charge on any atom is -0.00612 e. The van der Waals surface area contributed by atoms with Gasteiger partial charge in [0.1, 0.15) is 0 Å². The first-order valence-electron chi connectivity index (χ1n) is 7.06. The van der Waals surface area contributed by atoms with Crippen molar-refractivity contribution in [3.8, 4) is 0 Å². The van der Waals surface area contributed by atoms with E-state index in [1.165, 1.54) is 38.6 Å². The zero-order chi connectivity index (χ0) is 12.4. The lowest BCUT2D eigenvalue weighted by Gasteiger charge is -2.16. The highest BCUT2D eigenvalue weighted by Crippen LogP contribution is 2.42. The minimum absolute atomic E-state index is 1.10. The van der Waals surface area contributed by atoms with Crippen molar-refractivity contribution in [2.24, 2.45) is 0 Å². The van der Waals surface area contributed by atoms with Crippen LogP contribution in [0.15, 0.2) is 30.4 Å². The smallest absolute Gasteiger partial charge is 0.00612 e. The van der Waals surface area contributed by atoms with Gasteiger partial charge in [-0.1, -0.05) is 48.6 Å². The predicted octanol–water partition coefficient (Wildman–Crippen LogP) is 4.55. The van der Waals surface area contributed by atoms with Crippen molar-refractivity contribution in [1.82, 2.24) is 0 Å². The van der Waals surface area contributed by atoms with E-state index in [2.05, 4.69) is 48.6 Å². The molecule has 5 rings (SSSR count). The van der Waals surface area contributed by atoms with Crippen LogP contribution in [0.1, 0.15) is 33.4 Å². The SMILES string of the molecule is C1=Cc2c(ccc3c4c(c5c(c23)CC=C5)CC=C4)C1. The van der Waals surface area contributed by atoms with Crippen molar-refractivity contribution < 1.29 is 0 Å². The second-order valence-corrected chi connectivity index (χ2v) is 5.66. The minimum Gasteiger partial charge on any atom is -0.0795 e. The molecule has 0 saturated carbocycles. The largest absolute Gasteiger partial charge is 0.0795 e. The van der Waals surface area contributed by atoms with Gasteiger partial charge in [-0.3, -0.25) is 0 Å². The molecule has 0 radical (unpaired) electrons. The second kappa shape index (κ2) is 3.27. The Labute approximate surface area is 112 Å². The molecule has 0 heterocycles. The summed E-state index contributed by atoms with van der Waals surface area (Å²) in [5.74, 6) is 0. The molecule has 2 aromatic rings. The summed E-state index contributed by atoms with van der Waals surface area (Å²) in [6.45, 7) is 0. The van der Waals surface area contributed by atoms with Gasteiger partial charge in [0.05, 0.1) is 0 Å². The number of hydrogen-bond acceptors (Lipinski definition) is 0. The normalized spacial score (nSPS) is 17.3. The van der Waals surface area contributed by atoms with Crippen molar-refractivity contribution in [3.05, 3.63) is 63.7 Å². The Morgan fingerprint density at radius 1 is 0.632 bits per heavy atom. The molecule has 3 aliphatic rings. The summed E-state index contributed by atoms with van der Waals surface area (Å²) in [4.78, 5) is 0. The van der Waals surface area contributed by atoms with Crippen LogP contribution in [0.4, 0.5) is 0 Å². The summed E-state index contributed by atoms with van der Waals surface area (Å²) in [6.07, 6.45) is 17.2. The van der Waals surface area contributed by atoms with Crippen molar-refractivity contribution in [2.75, 3.05) is 0 Å². The van der Waals surface area contributed by atoms with Gasteiger partial charge < -0.3 is 0 Å².